The van der Waals surface area contributed by atoms with Crippen LogP contribution >= 0.6 is 0 Å². The number of nitrogens with zero attached hydrogens (tertiary/aromatic N) is 1. The van der Waals surface area contributed by atoms with Crippen LogP contribution in [0, 0.1) is 0 Å². The molecule has 0 unspecified atom stereocenters. The molecule has 0 bridgehead atoms. The molecular formula is C26H26N2O6S. The van der Waals surface area contributed by atoms with Crippen LogP contribution in [0.25, 0.3) is 0 Å². The van der Waals surface area contributed by atoms with Crippen molar-refractivity contribution in [2.24, 2.45) is 0 Å². The number of sulfonamides is 1. The van der Waals surface area contributed by atoms with Crippen LogP contribution < -0.4 is 14.2 Å². The molecule has 1 amide bonds. The second-order valence-corrected chi connectivity index (χ2v) is 10.6. The average molecular weight is 495 g/mol. The molecule has 182 valence electrons. The van der Waals surface area contributed by atoms with Crippen LogP contribution in [0.2, 0.25) is 0 Å². The minimum absolute atomic E-state index is 0.0539. The number of carbonyl (C=O) groups is 1. The summed E-state index contributed by atoms with van der Waals surface area (Å²) in [5.41, 5.74) is 1.06. The first kappa shape index (κ1) is 23.2. The van der Waals surface area contributed by atoms with Gasteiger partial charge in [-0.05, 0) is 54.8 Å². The number of benzene rings is 3. The van der Waals surface area contributed by atoms with Crippen LogP contribution in [-0.2, 0) is 16.4 Å². The van der Waals surface area contributed by atoms with Gasteiger partial charge in [-0.15, -0.1) is 0 Å². The smallest absolute Gasteiger partial charge is 0.262 e. The van der Waals surface area contributed by atoms with E-state index in [1.54, 1.807) is 35.2 Å². The van der Waals surface area contributed by atoms with Crippen molar-refractivity contribution < 1.29 is 27.8 Å². The van der Waals surface area contributed by atoms with E-state index in [0.717, 1.165) is 5.56 Å². The fourth-order valence-electron chi connectivity index (χ4n) is 4.40. The molecule has 0 saturated carbocycles. The van der Waals surface area contributed by atoms with Gasteiger partial charge in [-0.2, -0.15) is 0 Å². The molecule has 3 aromatic carbocycles. The molecule has 0 radical (unpaired) electrons. The van der Waals surface area contributed by atoms with Crippen molar-refractivity contribution in [1.29, 1.82) is 0 Å². The van der Waals surface area contributed by atoms with Crippen LogP contribution in [0.5, 0.6) is 11.5 Å². The van der Waals surface area contributed by atoms with E-state index in [0.29, 0.717) is 55.1 Å². The maximum atomic E-state index is 13.0. The molecule has 0 aliphatic carbocycles. The Hall–Kier alpha value is -3.56. The Kier molecular flexibility index (Phi) is 6.12. The third kappa shape index (κ3) is 5.11. The molecule has 1 fully saturated rings. The summed E-state index contributed by atoms with van der Waals surface area (Å²) in [4.78, 5) is 14.8. The minimum atomic E-state index is -3.84. The van der Waals surface area contributed by atoms with Crippen molar-refractivity contribution in [2.75, 3.05) is 24.6 Å². The van der Waals surface area contributed by atoms with Gasteiger partial charge in [0.05, 0.1) is 10.5 Å². The first-order valence-electron chi connectivity index (χ1n) is 11.4. The number of piperidine rings is 1. The average Bonchev–Trinajstić information content (AvgIpc) is 3.33. The summed E-state index contributed by atoms with van der Waals surface area (Å²) in [7, 11) is -3.84. The quantitative estimate of drug-likeness (QED) is 0.544. The van der Waals surface area contributed by atoms with Crippen LogP contribution in [0.1, 0.15) is 28.8 Å². The fourth-order valence-corrected chi connectivity index (χ4v) is 5.47. The molecule has 3 aromatic rings. The van der Waals surface area contributed by atoms with Gasteiger partial charge < -0.3 is 19.5 Å². The summed E-state index contributed by atoms with van der Waals surface area (Å²) in [5, 5.41) is 11.0. The van der Waals surface area contributed by atoms with Gasteiger partial charge in [-0.25, -0.2) is 8.42 Å². The Labute approximate surface area is 204 Å². The summed E-state index contributed by atoms with van der Waals surface area (Å²) in [6.45, 7) is 0.979. The molecule has 5 rings (SSSR count). The maximum Gasteiger partial charge on any atom is 0.262 e. The van der Waals surface area contributed by atoms with Crippen molar-refractivity contribution in [2.45, 2.75) is 29.8 Å². The molecule has 9 heteroatoms. The number of anilines is 1. The van der Waals surface area contributed by atoms with Crippen molar-refractivity contribution in [3.63, 3.8) is 0 Å². The van der Waals surface area contributed by atoms with Gasteiger partial charge >= 0.3 is 0 Å². The van der Waals surface area contributed by atoms with Gasteiger partial charge in [-0.1, -0.05) is 30.3 Å². The van der Waals surface area contributed by atoms with E-state index in [2.05, 4.69) is 4.72 Å². The number of hydrogen-bond donors (Lipinski definition) is 2. The Balaban J connectivity index is 1.20. The number of likely N-dealkylation sites (tertiary alicyclic amines) is 1. The van der Waals surface area contributed by atoms with Gasteiger partial charge in [0, 0.05) is 36.8 Å². The van der Waals surface area contributed by atoms with Gasteiger partial charge in [0.1, 0.15) is 0 Å². The maximum absolute atomic E-state index is 13.0. The number of nitrogens with one attached hydrogen (secondary N) is 1. The van der Waals surface area contributed by atoms with Crippen LogP contribution in [-0.4, -0.2) is 49.8 Å². The summed E-state index contributed by atoms with van der Waals surface area (Å²) in [5.74, 6) is 0.742. The van der Waals surface area contributed by atoms with Crippen molar-refractivity contribution >= 4 is 21.6 Å². The lowest BCUT2D eigenvalue weighted by Gasteiger charge is -2.38. The summed E-state index contributed by atoms with van der Waals surface area (Å²) in [6.07, 6.45) is 1.57. The fraction of sp³-hybridized carbons (Fsp3) is 0.269. The molecule has 2 aliphatic rings. The first-order valence-corrected chi connectivity index (χ1v) is 12.9. The highest BCUT2D eigenvalue weighted by Gasteiger charge is 2.34. The second kappa shape index (κ2) is 9.24. The molecule has 1 saturated heterocycles. The van der Waals surface area contributed by atoms with Gasteiger partial charge in [0.25, 0.3) is 15.9 Å². The molecule has 2 aliphatic heterocycles. The van der Waals surface area contributed by atoms with Crippen molar-refractivity contribution in [3.05, 3.63) is 83.9 Å². The van der Waals surface area contributed by atoms with E-state index in [1.807, 2.05) is 30.3 Å². The van der Waals surface area contributed by atoms with Gasteiger partial charge in [0.15, 0.2) is 11.5 Å². The monoisotopic (exact) mass is 494 g/mol. The second-order valence-electron chi connectivity index (χ2n) is 8.88. The zero-order valence-electron chi connectivity index (χ0n) is 19.0. The van der Waals surface area contributed by atoms with Gasteiger partial charge in [-0.3, -0.25) is 9.52 Å². The van der Waals surface area contributed by atoms with Crippen molar-refractivity contribution in [1.82, 2.24) is 4.90 Å². The molecule has 0 aromatic heterocycles. The number of fused-ring (bicyclic) bond motifs is 1. The van der Waals surface area contributed by atoms with E-state index in [9.17, 15) is 18.3 Å². The highest BCUT2D eigenvalue weighted by atomic mass is 32.2. The van der Waals surface area contributed by atoms with E-state index in [4.69, 9.17) is 9.47 Å². The largest absolute Gasteiger partial charge is 0.454 e. The number of aliphatic hydroxyl groups is 1. The molecule has 0 spiro atoms. The van der Waals surface area contributed by atoms with Crippen LogP contribution in [0.15, 0.2) is 77.7 Å². The van der Waals surface area contributed by atoms with E-state index in [1.165, 1.54) is 12.1 Å². The molecular weight excluding hydrogens is 468 g/mol. The number of hydrogen-bond acceptors (Lipinski definition) is 6. The van der Waals surface area contributed by atoms with E-state index < -0.39 is 15.6 Å². The third-order valence-corrected chi connectivity index (χ3v) is 7.77. The predicted molar refractivity (Wildman–Crippen MR) is 130 cm³/mol. The highest BCUT2D eigenvalue weighted by Crippen LogP contribution is 2.34. The topological polar surface area (TPSA) is 105 Å². The standard InChI is InChI=1S/C26H26N2O6S/c29-25(28-14-12-26(30,13-15-28)17-19-4-2-1-3-5-19)20-6-8-21(9-7-20)27-35(31,32)22-10-11-23-24(16-22)34-18-33-23/h1-11,16,27,30H,12-15,17-18H2. The Morgan fingerprint density at radius 2 is 1.63 bits per heavy atom. The normalized spacial score (nSPS) is 16.7. The summed E-state index contributed by atoms with van der Waals surface area (Å²) < 4.78 is 38.5. The number of rotatable bonds is 6. The Morgan fingerprint density at radius 1 is 0.943 bits per heavy atom. The molecule has 0 atom stereocenters. The van der Waals surface area contributed by atoms with Crippen LogP contribution in [0.3, 0.4) is 0 Å². The Morgan fingerprint density at radius 3 is 2.34 bits per heavy atom. The summed E-state index contributed by atoms with van der Waals surface area (Å²) >= 11 is 0. The molecule has 8 nitrogen and oxygen atoms in total. The SMILES string of the molecule is O=C(c1ccc(NS(=O)(=O)c2ccc3c(c2)OCO3)cc1)N1CCC(O)(Cc2ccccc2)CC1. The molecule has 2 heterocycles. The van der Waals surface area contributed by atoms with Crippen molar-refractivity contribution in [3.8, 4) is 11.5 Å². The van der Waals surface area contributed by atoms with Gasteiger partial charge in [0.2, 0.25) is 6.79 Å². The van der Waals surface area contributed by atoms with Crippen LogP contribution in [0.4, 0.5) is 5.69 Å². The lowest BCUT2D eigenvalue weighted by Crippen LogP contribution is -2.47. The zero-order valence-corrected chi connectivity index (χ0v) is 19.8. The zero-order chi connectivity index (χ0) is 24.5. The molecule has 2 N–H and O–H groups in total. The van der Waals surface area contributed by atoms with E-state index in [-0.39, 0.29) is 17.6 Å². The number of amides is 1. The number of carbonyl (C=O) groups excluding carboxylic acids is 1. The van der Waals surface area contributed by atoms with E-state index >= 15 is 0 Å². The predicted octanol–water partition coefficient (Wildman–Crippen LogP) is 3.43. The number of ether oxygens (including phenoxy) is 2. The Bertz CT molecular complexity index is 1320. The lowest BCUT2D eigenvalue weighted by atomic mass is 9.85. The third-order valence-electron chi connectivity index (χ3n) is 6.40. The summed E-state index contributed by atoms with van der Waals surface area (Å²) in [6, 6.07) is 20.6. The molecule has 35 heavy (non-hydrogen) atoms. The lowest BCUT2D eigenvalue weighted by molar-refractivity contribution is -0.0162. The highest BCUT2D eigenvalue weighted by molar-refractivity contribution is 7.92. The first-order chi connectivity index (χ1) is 16.8. The minimum Gasteiger partial charge on any atom is -0.454 e.